The maximum absolute atomic E-state index is 11.8. The van der Waals surface area contributed by atoms with Crippen LogP contribution in [0.3, 0.4) is 0 Å². The van der Waals surface area contributed by atoms with Crippen molar-refractivity contribution in [2.24, 2.45) is 17.8 Å². The fourth-order valence-corrected chi connectivity index (χ4v) is 4.23. The molecule has 3 nitrogen and oxygen atoms in total. The standard InChI is InChI=1S/C11H17NO2/c1-6-5-12-10(14)9(13)8-4-3-7(6)11(8,12)2/h6-9,13H,3-5H2,1-2H3/t6-,7+,8-,9+,11-/m1/s1. The highest BCUT2D eigenvalue weighted by atomic mass is 16.3. The molecule has 14 heavy (non-hydrogen) atoms. The summed E-state index contributed by atoms with van der Waals surface area (Å²) in [7, 11) is 0. The molecule has 0 radical (unpaired) electrons. The first kappa shape index (κ1) is 8.72. The molecule has 0 bridgehead atoms. The first-order valence-corrected chi connectivity index (χ1v) is 5.56. The van der Waals surface area contributed by atoms with Crippen LogP contribution < -0.4 is 0 Å². The summed E-state index contributed by atoms with van der Waals surface area (Å²) in [5.41, 5.74) is -0.0179. The van der Waals surface area contributed by atoms with E-state index in [1.54, 1.807) is 0 Å². The van der Waals surface area contributed by atoms with Gasteiger partial charge in [0, 0.05) is 18.0 Å². The predicted octanol–water partition coefficient (Wildman–Crippen LogP) is 0.624. The maximum Gasteiger partial charge on any atom is 0.252 e. The quantitative estimate of drug-likeness (QED) is 0.615. The van der Waals surface area contributed by atoms with E-state index in [0.717, 1.165) is 13.0 Å². The number of carbonyl (C=O) groups excluding carboxylic acids is 1. The highest BCUT2D eigenvalue weighted by Gasteiger charge is 2.66. The normalized spacial score (nSPS) is 55.6. The highest BCUT2D eigenvalue weighted by Crippen LogP contribution is 2.57. The van der Waals surface area contributed by atoms with Crippen molar-refractivity contribution < 1.29 is 9.90 Å². The van der Waals surface area contributed by atoms with E-state index in [-0.39, 0.29) is 17.4 Å². The summed E-state index contributed by atoms with van der Waals surface area (Å²) in [6, 6.07) is 0. The van der Waals surface area contributed by atoms with E-state index in [1.807, 2.05) is 4.90 Å². The van der Waals surface area contributed by atoms with Crippen molar-refractivity contribution in [1.82, 2.24) is 4.90 Å². The summed E-state index contributed by atoms with van der Waals surface area (Å²) in [6.45, 7) is 5.26. The Morgan fingerprint density at radius 1 is 1.43 bits per heavy atom. The lowest BCUT2D eigenvalue weighted by molar-refractivity contribution is -0.136. The molecule has 1 amide bonds. The smallest absolute Gasteiger partial charge is 0.252 e. The van der Waals surface area contributed by atoms with Crippen molar-refractivity contribution in [2.75, 3.05) is 6.54 Å². The lowest BCUT2D eigenvalue weighted by Crippen LogP contribution is -2.42. The minimum atomic E-state index is -0.711. The van der Waals surface area contributed by atoms with Crippen molar-refractivity contribution in [3.8, 4) is 0 Å². The number of aliphatic hydroxyl groups is 1. The molecule has 0 aromatic carbocycles. The predicted molar refractivity (Wildman–Crippen MR) is 51.5 cm³/mol. The Morgan fingerprint density at radius 2 is 2.07 bits per heavy atom. The SMILES string of the molecule is C[C@@H]1CN2C(=O)[C@@H](O)[C@H]3CC[C@@H]1[C@]32C. The average molecular weight is 195 g/mol. The number of hydrogen-bond acceptors (Lipinski definition) is 2. The van der Waals surface area contributed by atoms with Crippen LogP contribution in [-0.4, -0.2) is 34.1 Å². The van der Waals surface area contributed by atoms with Crippen LogP contribution in [0.25, 0.3) is 0 Å². The van der Waals surface area contributed by atoms with Crippen molar-refractivity contribution >= 4 is 5.91 Å². The van der Waals surface area contributed by atoms with Crippen LogP contribution in [0, 0.1) is 17.8 Å². The summed E-state index contributed by atoms with van der Waals surface area (Å²) < 4.78 is 0. The maximum atomic E-state index is 11.8. The molecule has 78 valence electrons. The van der Waals surface area contributed by atoms with Gasteiger partial charge in [-0.15, -0.1) is 0 Å². The first-order chi connectivity index (χ1) is 6.56. The highest BCUT2D eigenvalue weighted by molar-refractivity contribution is 5.85. The lowest BCUT2D eigenvalue weighted by Gasteiger charge is -2.31. The molecule has 2 heterocycles. The van der Waals surface area contributed by atoms with E-state index < -0.39 is 6.10 Å². The van der Waals surface area contributed by atoms with Gasteiger partial charge < -0.3 is 10.0 Å². The Labute approximate surface area is 84.1 Å². The van der Waals surface area contributed by atoms with Crippen LogP contribution in [0.4, 0.5) is 0 Å². The number of hydrogen-bond donors (Lipinski definition) is 1. The molecule has 2 aliphatic heterocycles. The van der Waals surface area contributed by atoms with Crippen LogP contribution >= 0.6 is 0 Å². The molecule has 1 aliphatic carbocycles. The van der Waals surface area contributed by atoms with Gasteiger partial charge in [0.05, 0.1) is 0 Å². The zero-order valence-corrected chi connectivity index (χ0v) is 8.73. The molecule has 3 fully saturated rings. The zero-order valence-electron chi connectivity index (χ0n) is 8.73. The Balaban J connectivity index is 2.09. The van der Waals surface area contributed by atoms with Crippen molar-refractivity contribution in [3.63, 3.8) is 0 Å². The molecule has 3 aliphatic rings. The molecule has 5 atom stereocenters. The van der Waals surface area contributed by atoms with Crippen LogP contribution in [0.5, 0.6) is 0 Å². The van der Waals surface area contributed by atoms with Crippen molar-refractivity contribution in [2.45, 2.75) is 38.3 Å². The molecule has 0 aromatic heterocycles. The summed E-state index contributed by atoms with van der Waals surface area (Å²) >= 11 is 0. The van der Waals surface area contributed by atoms with Crippen LogP contribution in [0.1, 0.15) is 26.7 Å². The summed E-state index contributed by atoms with van der Waals surface area (Å²) in [6.07, 6.45) is 1.50. The van der Waals surface area contributed by atoms with Crippen LogP contribution in [-0.2, 0) is 4.79 Å². The van der Waals surface area contributed by atoms with Crippen molar-refractivity contribution in [1.29, 1.82) is 0 Å². The number of aliphatic hydroxyl groups excluding tert-OH is 1. The van der Waals surface area contributed by atoms with Crippen LogP contribution in [0.15, 0.2) is 0 Å². The minimum Gasteiger partial charge on any atom is -0.383 e. The number of amides is 1. The van der Waals surface area contributed by atoms with Gasteiger partial charge in [-0.2, -0.15) is 0 Å². The van der Waals surface area contributed by atoms with Gasteiger partial charge in [-0.3, -0.25) is 4.79 Å². The third kappa shape index (κ3) is 0.691. The van der Waals surface area contributed by atoms with Crippen LogP contribution in [0.2, 0.25) is 0 Å². The molecule has 0 unspecified atom stereocenters. The van der Waals surface area contributed by atoms with Gasteiger partial charge in [0.25, 0.3) is 5.91 Å². The molecule has 1 saturated carbocycles. The average Bonchev–Trinajstić information content (AvgIpc) is 2.65. The Bertz CT molecular complexity index is 304. The van der Waals surface area contributed by atoms with Gasteiger partial charge in [-0.25, -0.2) is 0 Å². The van der Waals surface area contributed by atoms with E-state index in [9.17, 15) is 9.90 Å². The fraction of sp³-hybridized carbons (Fsp3) is 0.909. The Morgan fingerprint density at radius 3 is 2.79 bits per heavy atom. The third-order valence-corrected chi connectivity index (χ3v) is 4.93. The van der Waals surface area contributed by atoms with Gasteiger partial charge >= 0.3 is 0 Å². The molecule has 0 spiro atoms. The summed E-state index contributed by atoms with van der Waals surface area (Å²) in [5, 5.41) is 9.85. The van der Waals surface area contributed by atoms with Crippen molar-refractivity contribution in [3.05, 3.63) is 0 Å². The Hall–Kier alpha value is -0.570. The first-order valence-electron chi connectivity index (χ1n) is 5.56. The summed E-state index contributed by atoms with van der Waals surface area (Å²) in [4.78, 5) is 13.8. The molecule has 3 rings (SSSR count). The van der Waals surface area contributed by atoms with Gasteiger partial charge in [0.1, 0.15) is 6.10 Å². The molecule has 1 N–H and O–H groups in total. The molecule has 0 aromatic rings. The van der Waals surface area contributed by atoms with E-state index in [2.05, 4.69) is 13.8 Å². The zero-order chi connectivity index (χ0) is 10.1. The van der Waals surface area contributed by atoms with Gasteiger partial charge in [0.15, 0.2) is 0 Å². The second kappa shape index (κ2) is 2.32. The van der Waals surface area contributed by atoms with E-state index >= 15 is 0 Å². The lowest BCUT2D eigenvalue weighted by atomic mass is 9.80. The number of rotatable bonds is 0. The van der Waals surface area contributed by atoms with E-state index in [4.69, 9.17) is 0 Å². The molecular formula is C11H17NO2. The largest absolute Gasteiger partial charge is 0.383 e. The number of carbonyl (C=O) groups is 1. The topological polar surface area (TPSA) is 40.5 Å². The number of nitrogens with zero attached hydrogens (tertiary/aromatic N) is 1. The second-order valence-electron chi connectivity index (χ2n) is 5.39. The third-order valence-electron chi connectivity index (χ3n) is 4.93. The summed E-state index contributed by atoms with van der Waals surface area (Å²) in [5.74, 6) is 1.41. The van der Waals surface area contributed by atoms with Gasteiger partial charge in [-0.05, 0) is 31.6 Å². The fourth-order valence-electron chi connectivity index (χ4n) is 4.23. The molecule has 2 saturated heterocycles. The Kier molecular flexibility index (Phi) is 1.45. The minimum absolute atomic E-state index is 0.0179. The molecular weight excluding hydrogens is 178 g/mol. The van der Waals surface area contributed by atoms with Gasteiger partial charge in [0.2, 0.25) is 0 Å². The second-order valence-corrected chi connectivity index (χ2v) is 5.39. The molecule has 3 heteroatoms. The van der Waals surface area contributed by atoms with Gasteiger partial charge in [-0.1, -0.05) is 6.92 Å². The monoisotopic (exact) mass is 195 g/mol. The van der Waals surface area contributed by atoms with E-state index in [1.165, 1.54) is 6.42 Å². The van der Waals surface area contributed by atoms with E-state index in [0.29, 0.717) is 11.8 Å².